The zero-order valence-electron chi connectivity index (χ0n) is 8.26. The first-order valence-corrected chi connectivity index (χ1v) is 4.41. The van der Waals surface area contributed by atoms with Gasteiger partial charge < -0.3 is 9.64 Å². The van der Waals surface area contributed by atoms with Gasteiger partial charge in [-0.1, -0.05) is 0 Å². The Kier molecular flexibility index (Phi) is 2.31. The average Bonchev–Trinajstić information content (AvgIpc) is 1.82. The lowest BCUT2D eigenvalue weighted by Crippen LogP contribution is -2.55. The minimum Gasteiger partial charge on any atom is -0.449 e. The van der Waals surface area contributed by atoms with E-state index >= 15 is 0 Å². The summed E-state index contributed by atoms with van der Waals surface area (Å²) in [7, 11) is 0. The Bertz CT molecular complexity index is 187. The van der Waals surface area contributed by atoms with Gasteiger partial charge in [0.2, 0.25) is 0 Å². The Labute approximate surface area is 73.7 Å². The number of carbonyl (C=O) groups is 1. The monoisotopic (exact) mass is 171 g/mol. The van der Waals surface area contributed by atoms with E-state index in [4.69, 9.17) is 4.74 Å². The first kappa shape index (κ1) is 9.36. The minimum atomic E-state index is -0.179. The molecular formula is C9H17NO2. The number of rotatable bonds is 1. The van der Waals surface area contributed by atoms with Gasteiger partial charge in [0.25, 0.3) is 0 Å². The highest BCUT2D eigenvalue weighted by atomic mass is 16.6. The maximum Gasteiger partial charge on any atom is 0.410 e. The SMILES string of the molecule is CC(C)N1C(=O)OCCC1(C)C. The second kappa shape index (κ2) is 2.96. The molecule has 0 atom stereocenters. The maximum absolute atomic E-state index is 11.4. The van der Waals surface area contributed by atoms with Gasteiger partial charge in [-0.25, -0.2) is 4.79 Å². The van der Waals surface area contributed by atoms with E-state index in [1.165, 1.54) is 0 Å². The minimum absolute atomic E-state index is 0.0521. The van der Waals surface area contributed by atoms with Gasteiger partial charge in [0.15, 0.2) is 0 Å². The smallest absolute Gasteiger partial charge is 0.410 e. The predicted octanol–water partition coefficient (Wildman–Crippen LogP) is 2.02. The molecule has 0 saturated carbocycles. The normalized spacial score (nSPS) is 22.8. The summed E-state index contributed by atoms with van der Waals surface area (Å²) in [5.74, 6) is 0. The van der Waals surface area contributed by atoms with Crippen LogP contribution >= 0.6 is 0 Å². The number of cyclic esters (lactones) is 1. The molecule has 3 heteroatoms. The number of nitrogens with zero attached hydrogens (tertiary/aromatic N) is 1. The van der Waals surface area contributed by atoms with Gasteiger partial charge in [0, 0.05) is 18.0 Å². The lowest BCUT2D eigenvalue weighted by atomic mass is 9.96. The molecule has 1 fully saturated rings. The van der Waals surface area contributed by atoms with Gasteiger partial charge in [0.1, 0.15) is 0 Å². The summed E-state index contributed by atoms with van der Waals surface area (Å²) >= 11 is 0. The van der Waals surface area contributed by atoms with Crippen molar-refractivity contribution in [3.8, 4) is 0 Å². The fourth-order valence-electron chi connectivity index (χ4n) is 1.74. The Morgan fingerprint density at radius 3 is 2.42 bits per heavy atom. The van der Waals surface area contributed by atoms with Crippen LogP contribution in [0.1, 0.15) is 34.1 Å². The van der Waals surface area contributed by atoms with Crippen molar-refractivity contribution >= 4 is 6.09 Å². The van der Waals surface area contributed by atoms with E-state index in [9.17, 15) is 4.79 Å². The highest BCUT2D eigenvalue weighted by Gasteiger charge is 2.37. The molecule has 70 valence electrons. The van der Waals surface area contributed by atoms with Gasteiger partial charge >= 0.3 is 6.09 Å². The molecule has 0 aliphatic carbocycles. The van der Waals surface area contributed by atoms with Crippen LogP contribution in [0.2, 0.25) is 0 Å². The summed E-state index contributed by atoms with van der Waals surface area (Å²) in [5, 5.41) is 0. The van der Waals surface area contributed by atoms with E-state index in [2.05, 4.69) is 13.8 Å². The van der Waals surface area contributed by atoms with E-state index in [1.807, 2.05) is 13.8 Å². The molecule has 0 bridgehead atoms. The van der Waals surface area contributed by atoms with E-state index in [-0.39, 0.29) is 17.7 Å². The highest BCUT2D eigenvalue weighted by molar-refractivity contribution is 5.69. The van der Waals surface area contributed by atoms with Gasteiger partial charge in [-0.2, -0.15) is 0 Å². The van der Waals surface area contributed by atoms with E-state index in [1.54, 1.807) is 4.90 Å². The molecule has 1 saturated heterocycles. The molecular weight excluding hydrogens is 154 g/mol. The molecule has 12 heavy (non-hydrogen) atoms. The first-order valence-electron chi connectivity index (χ1n) is 4.41. The van der Waals surface area contributed by atoms with Crippen molar-refractivity contribution in [3.63, 3.8) is 0 Å². The Balaban J connectivity index is 2.81. The molecule has 0 unspecified atom stereocenters. The van der Waals surface area contributed by atoms with E-state index in [0.29, 0.717) is 6.61 Å². The Morgan fingerprint density at radius 2 is 2.08 bits per heavy atom. The van der Waals surface area contributed by atoms with Crippen LogP contribution in [0.15, 0.2) is 0 Å². The van der Waals surface area contributed by atoms with Gasteiger partial charge in [-0.3, -0.25) is 0 Å². The molecule has 0 radical (unpaired) electrons. The quantitative estimate of drug-likeness (QED) is 0.604. The summed E-state index contributed by atoms with van der Waals surface area (Å²) in [4.78, 5) is 13.2. The largest absolute Gasteiger partial charge is 0.449 e. The van der Waals surface area contributed by atoms with Crippen LogP contribution < -0.4 is 0 Å². The fraction of sp³-hybridized carbons (Fsp3) is 0.889. The molecule has 1 aliphatic heterocycles. The molecule has 1 heterocycles. The number of carbonyl (C=O) groups excluding carboxylic acids is 1. The van der Waals surface area contributed by atoms with Crippen LogP contribution in [0.25, 0.3) is 0 Å². The van der Waals surface area contributed by atoms with Crippen LogP contribution in [0.4, 0.5) is 4.79 Å². The van der Waals surface area contributed by atoms with Crippen molar-refractivity contribution in [2.24, 2.45) is 0 Å². The Morgan fingerprint density at radius 1 is 1.50 bits per heavy atom. The number of hydrogen-bond donors (Lipinski definition) is 0. The second-order valence-corrected chi connectivity index (χ2v) is 4.14. The molecule has 0 aromatic rings. The van der Waals surface area contributed by atoms with Crippen molar-refractivity contribution in [1.29, 1.82) is 0 Å². The lowest BCUT2D eigenvalue weighted by molar-refractivity contribution is -0.00362. The maximum atomic E-state index is 11.4. The third kappa shape index (κ3) is 1.54. The van der Waals surface area contributed by atoms with E-state index in [0.717, 1.165) is 6.42 Å². The number of ether oxygens (including phenoxy) is 1. The molecule has 1 aliphatic rings. The first-order chi connectivity index (χ1) is 5.45. The van der Waals surface area contributed by atoms with Crippen LogP contribution in [0, 0.1) is 0 Å². The molecule has 0 N–H and O–H groups in total. The highest BCUT2D eigenvalue weighted by Crippen LogP contribution is 2.26. The van der Waals surface area contributed by atoms with Crippen molar-refractivity contribution in [1.82, 2.24) is 4.90 Å². The predicted molar refractivity (Wildman–Crippen MR) is 47.0 cm³/mol. The molecule has 0 aromatic heterocycles. The van der Waals surface area contributed by atoms with Crippen LogP contribution in [0.3, 0.4) is 0 Å². The van der Waals surface area contributed by atoms with Crippen molar-refractivity contribution in [2.75, 3.05) is 6.61 Å². The summed E-state index contributed by atoms with van der Waals surface area (Å²) in [6.07, 6.45) is 0.734. The molecule has 0 aromatic carbocycles. The van der Waals surface area contributed by atoms with E-state index < -0.39 is 0 Å². The van der Waals surface area contributed by atoms with Crippen molar-refractivity contribution < 1.29 is 9.53 Å². The molecule has 3 nitrogen and oxygen atoms in total. The number of hydrogen-bond acceptors (Lipinski definition) is 2. The summed E-state index contributed by atoms with van der Waals surface area (Å²) < 4.78 is 4.97. The third-order valence-corrected chi connectivity index (χ3v) is 2.30. The molecule has 0 spiro atoms. The zero-order chi connectivity index (χ0) is 9.35. The molecule has 1 rings (SSSR count). The van der Waals surface area contributed by atoms with Gasteiger partial charge in [-0.05, 0) is 27.7 Å². The molecule has 1 amide bonds. The van der Waals surface area contributed by atoms with Crippen LogP contribution in [-0.4, -0.2) is 29.2 Å². The van der Waals surface area contributed by atoms with Crippen LogP contribution in [0.5, 0.6) is 0 Å². The third-order valence-electron chi connectivity index (χ3n) is 2.30. The fourth-order valence-corrected chi connectivity index (χ4v) is 1.74. The standard InChI is InChI=1S/C9H17NO2/c1-7(2)10-8(11)12-6-5-9(10,3)4/h7H,5-6H2,1-4H3. The number of amides is 1. The van der Waals surface area contributed by atoms with Crippen molar-refractivity contribution in [3.05, 3.63) is 0 Å². The topological polar surface area (TPSA) is 29.5 Å². The second-order valence-electron chi connectivity index (χ2n) is 4.14. The van der Waals surface area contributed by atoms with Crippen LogP contribution in [-0.2, 0) is 4.74 Å². The van der Waals surface area contributed by atoms with Gasteiger partial charge in [0.05, 0.1) is 6.61 Å². The summed E-state index contributed by atoms with van der Waals surface area (Å²) in [6.45, 7) is 8.72. The van der Waals surface area contributed by atoms with Crippen molar-refractivity contribution in [2.45, 2.75) is 45.7 Å². The Hall–Kier alpha value is -0.730. The average molecular weight is 171 g/mol. The van der Waals surface area contributed by atoms with Gasteiger partial charge in [-0.15, -0.1) is 0 Å². The summed E-state index contributed by atoms with van der Waals surface area (Å²) in [5.41, 5.74) is -0.0521. The zero-order valence-corrected chi connectivity index (χ0v) is 8.26. The summed E-state index contributed by atoms with van der Waals surface area (Å²) in [6, 6.07) is 0.216. The lowest BCUT2D eigenvalue weighted by Gasteiger charge is -2.43.